The van der Waals surface area contributed by atoms with E-state index in [1.165, 1.54) is 28.6 Å². The van der Waals surface area contributed by atoms with Crippen LogP contribution in [0.15, 0.2) is 46.2 Å². The summed E-state index contributed by atoms with van der Waals surface area (Å²) in [6, 6.07) is 5.96. The molecule has 0 atom stereocenters. The second-order valence-corrected chi connectivity index (χ2v) is 9.86. The summed E-state index contributed by atoms with van der Waals surface area (Å²) < 4.78 is 93.1. The Balaban J connectivity index is 1.83. The Morgan fingerprint density at radius 2 is 1.39 bits per heavy atom. The molecule has 2 aromatic rings. The molecule has 2 aromatic carbocycles. The van der Waals surface area contributed by atoms with Gasteiger partial charge in [0.1, 0.15) is 4.90 Å². The van der Waals surface area contributed by atoms with Crippen molar-refractivity contribution in [3.63, 3.8) is 0 Å². The molecule has 1 N–H and O–H groups in total. The standard InChI is InChI=1S/C17H17F3N2O4S2/c18-14-8-9-15(17(20)16(14)19)27(23,24)21-12-4-6-13(7-5-12)28(25,26)22-10-2-1-3-11-22/h4-9,21H,1-3,10-11H2. The summed E-state index contributed by atoms with van der Waals surface area (Å²) in [5, 5.41) is 0. The molecule has 1 aliphatic heterocycles. The van der Waals surface area contributed by atoms with Crippen molar-refractivity contribution in [2.75, 3.05) is 17.8 Å². The van der Waals surface area contributed by atoms with Gasteiger partial charge in [-0.3, -0.25) is 4.72 Å². The Morgan fingerprint density at radius 3 is 2.00 bits per heavy atom. The predicted octanol–water partition coefficient (Wildman–Crippen LogP) is 3.08. The number of anilines is 1. The van der Waals surface area contributed by atoms with E-state index in [1.54, 1.807) is 0 Å². The minimum atomic E-state index is -4.54. The van der Waals surface area contributed by atoms with Crippen LogP contribution in [0.25, 0.3) is 0 Å². The lowest BCUT2D eigenvalue weighted by Crippen LogP contribution is -2.35. The zero-order valence-corrected chi connectivity index (χ0v) is 16.2. The Kier molecular flexibility index (Phi) is 5.69. The fourth-order valence-electron chi connectivity index (χ4n) is 2.88. The van der Waals surface area contributed by atoms with Crippen LogP contribution in [0.1, 0.15) is 19.3 Å². The predicted molar refractivity (Wildman–Crippen MR) is 96.2 cm³/mol. The van der Waals surface area contributed by atoms with Crippen LogP contribution in [-0.4, -0.2) is 34.2 Å². The first-order valence-corrected chi connectivity index (χ1v) is 11.3. The van der Waals surface area contributed by atoms with E-state index >= 15 is 0 Å². The van der Waals surface area contributed by atoms with Crippen molar-refractivity contribution in [2.45, 2.75) is 29.1 Å². The van der Waals surface area contributed by atoms with Crippen molar-refractivity contribution in [3.8, 4) is 0 Å². The van der Waals surface area contributed by atoms with Crippen LogP contribution in [-0.2, 0) is 20.0 Å². The largest absolute Gasteiger partial charge is 0.280 e. The monoisotopic (exact) mass is 434 g/mol. The van der Waals surface area contributed by atoms with Crippen molar-refractivity contribution in [1.29, 1.82) is 0 Å². The van der Waals surface area contributed by atoms with Gasteiger partial charge < -0.3 is 0 Å². The van der Waals surface area contributed by atoms with Gasteiger partial charge in [-0.15, -0.1) is 0 Å². The van der Waals surface area contributed by atoms with E-state index in [4.69, 9.17) is 0 Å². The highest BCUT2D eigenvalue weighted by molar-refractivity contribution is 7.92. The summed E-state index contributed by atoms with van der Waals surface area (Å²) in [5.74, 6) is -5.24. The van der Waals surface area contributed by atoms with Crippen LogP contribution in [0.2, 0.25) is 0 Å². The number of rotatable bonds is 5. The number of hydrogen-bond acceptors (Lipinski definition) is 4. The first-order chi connectivity index (χ1) is 13.1. The van der Waals surface area contributed by atoms with Crippen LogP contribution < -0.4 is 4.72 Å². The molecule has 1 heterocycles. The Bertz CT molecular complexity index is 1080. The molecular formula is C17H17F3N2O4S2. The van der Waals surface area contributed by atoms with Gasteiger partial charge >= 0.3 is 0 Å². The molecular weight excluding hydrogens is 417 g/mol. The summed E-state index contributed by atoms with van der Waals surface area (Å²) in [6.45, 7) is 0.845. The topological polar surface area (TPSA) is 83.5 Å². The number of sulfonamides is 2. The van der Waals surface area contributed by atoms with E-state index in [0.29, 0.717) is 25.2 Å². The molecule has 0 radical (unpaired) electrons. The molecule has 11 heteroatoms. The smallest absolute Gasteiger partial charge is 0.264 e. The van der Waals surface area contributed by atoms with E-state index in [-0.39, 0.29) is 10.6 Å². The van der Waals surface area contributed by atoms with Gasteiger partial charge in [-0.25, -0.2) is 30.0 Å². The Labute approximate surface area is 161 Å². The van der Waals surface area contributed by atoms with Crippen LogP contribution in [0.3, 0.4) is 0 Å². The summed E-state index contributed by atoms with van der Waals surface area (Å²) in [6.07, 6.45) is 2.51. The van der Waals surface area contributed by atoms with Gasteiger partial charge in [0.05, 0.1) is 4.90 Å². The van der Waals surface area contributed by atoms with Gasteiger partial charge in [0, 0.05) is 18.8 Å². The second-order valence-electron chi connectivity index (χ2n) is 6.27. The van der Waals surface area contributed by atoms with Crippen LogP contribution in [0.4, 0.5) is 18.9 Å². The van der Waals surface area contributed by atoms with Crippen LogP contribution >= 0.6 is 0 Å². The number of benzene rings is 2. The molecule has 0 spiro atoms. The molecule has 1 aliphatic rings. The zero-order chi connectivity index (χ0) is 20.5. The number of halogens is 3. The van der Waals surface area contributed by atoms with E-state index in [1.807, 2.05) is 4.72 Å². The van der Waals surface area contributed by atoms with Gasteiger partial charge in [0.15, 0.2) is 17.5 Å². The first kappa shape index (κ1) is 20.6. The first-order valence-electron chi connectivity index (χ1n) is 8.39. The summed E-state index contributed by atoms with van der Waals surface area (Å²) in [4.78, 5) is -1.06. The molecule has 3 rings (SSSR count). The van der Waals surface area contributed by atoms with Crippen LogP contribution in [0, 0.1) is 17.5 Å². The van der Waals surface area contributed by atoms with Crippen molar-refractivity contribution in [1.82, 2.24) is 4.31 Å². The minimum absolute atomic E-state index is 0.00337. The fraction of sp³-hybridized carbons (Fsp3) is 0.294. The normalized spacial score (nSPS) is 16.1. The average Bonchev–Trinajstić information content (AvgIpc) is 2.67. The molecule has 0 bridgehead atoms. The van der Waals surface area contributed by atoms with Gasteiger partial charge in [-0.2, -0.15) is 4.31 Å². The number of nitrogens with zero attached hydrogens (tertiary/aromatic N) is 1. The van der Waals surface area contributed by atoms with E-state index in [2.05, 4.69) is 0 Å². The quantitative estimate of drug-likeness (QED) is 0.733. The van der Waals surface area contributed by atoms with Crippen molar-refractivity contribution in [3.05, 3.63) is 53.8 Å². The molecule has 1 saturated heterocycles. The molecule has 1 fully saturated rings. The Morgan fingerprint density at radius 1 is 0.786 bits per heavy atom. The van der Waals surface area contributed by atoms with Gasteiger partial charge in [-0.1, -0.05) is 6.42 Å². The molecule has 0 amide bonds. The number of hydrogen-bond donors (Lipinski definition) is 1. The molecule has 0 unspecified atom stereocenters. The third-order valence-electron chi connectivity index (χ3n) is 4.35. The molecule has 0 aromatic heterocycles. The number of piperidine rings is 1. The maximum absolute atomic E-state index is 13.8. The van der Waals surface area contributed by atoms with Gasteiger partial charge in [-0.05, 0) is 49.2 Å². The highest BCUT2D eigenvalue weighted by Crippen LogP contribution is 2.25. The highest BCUT2D eigenvalue weighted by Gasteiger charge is 2.27. The third kappa shape index (κ3) is 4.01. The summed E-state index contributed by atoms with van der Waals surface area (Å²) >= 11 is 0. The molecule has 0 aliphatic carbocycles. The molecule has 152 valence electrons. The summed E-state index contributed by atoms with van der Waals surface area (Å²) in [5.41, 5.74) is -0.0540. The fourth-order valence-corrected chi connectivity index (χ4v) is 5.52. The van der Waals surface area contributed by atoms with Crippen molar-refractivity contribution >= 4 is 25.7 Å². The molecule has 28 heavy (non-hydrogen) atoms. The zero-order valence-electron chi connectivity index (χ0n) is 14.5. The van der Waals surface area contributed by atoms with Crippen molar-refractivity contribution in [2.24, 2.45) is 0 Å². The van der Waals surface area contributed by atoms with E-state index < -0.39 is 42.4 Å². The molecule has 0 saturated carbocycles. The highest BCUT2D eigenvalue weighted by atomic mass is 32.2. The third-order valence-corrected chi connectivity index (χ3v) is 7.66. The second kappa shape index (κ2) is 7.72. The number of nitrogens with one attached hydrogen (secondary N) is 1. The van der Waals surface area contributed by atoms with E-state index in [9.17, 15) is 30.0 Å². The van der Waals surface area contributed by atoms with Crippen molar-refractivity contribution < 1.29 is 30.0 Å². The lowest BCUT2D eigenvalue weighted by atomic mass is 10.2. The lowest BCUT2D eigenvalue weighted by Gasteiger charge is -2.25. The van der Waals surface area contributed by atoms with Gasteiger partial charge in [0.25, 0.3) is 10.0 Å². The maximum Gasteiger partial charge on any atom is 0.264 e. The van der Waals surface area contributed by atoms with E-state index in [0.717, 1.165) is 19.3 Å². The summed E-state index contributed by atoms with van der Waals surface area (Å²) in [7, 11) is -8.23. The Hall–Kier alpha value is -2.11. The maximum atomic E-state index is 13.8. The SMILES string of the molecule is O=S(=O)(Nc1ccc(S(=O)(=O)N2CCCCC2)cc1)c1ccc(F)c(F)c1F. The lowest BCUT2D eigenvalue weighted by molar-refractivity contribution is 0.346. The minimum Gasteiger partial charge on any atom is -0.280 e. The molecule has 6 nitrogen and oxygen atoms in total. The van der Waals surface area contributed by atoms with Crippen LogP contribution in [0.5, 0.6) is 0 Å². The van der Waals surface area contributed by atoms with Gasteiger partial charge in [0.2, 0.25) is 10.0 Å². The average molecular weight is 434 g/mol.